The number of rotatable bonds is 8. The fourth-order valence-electron chi connectivity index (χ4n) is 2.68. The van der Waals surface area contributed by atoms with Crippen LogP contribution in [0.3, 0.4) is 0 Å². The van der Waals surface area contributed by atoms with E-state index in [1.807, 2.05) is 24.8 Å². The molecule has 1 unspecified atom stereocenters. The Balaban J connectivity index is 0.00000352. The van der Waals surface area contributed by atoms with Gasteiger partial charge in [-0.05, 0) is 18.4 Å². The van der Waals surface area contributed by atoms with Crippen LogP contribution in [0.25, 0.3) is 0 Å². The van der Waals surface area contributed by atoms with Crippen molar-refractivity contribution in [1.82, 2.24) is 14.7 Å². The summed E-state index contributed by atoms with van der Waals surface area (Å²) < 4.78 is 0. The number of nitrogens with two attached hydrogens (primary N) is 1. The van der Waals surface area contributed by atoms with Gasteiger partial charge >= 0.3 is 0 Å². The van der Waals surface area contributed by atoms with Crippen molar-refractivity contribution in [2.75, 3.05) is 33.7 Å². The number of carbonyl (C=O) groups is 2. The highest BCUT2D eigenvalue weighted by Gasteiger charge is 2.24. The van der Waals surface area contributed by atoms with Crippen molar-refractivity contribution in [1.29, 1.82) is 5.26 Å². The molecule has 0 aromatic carbocycles. The number of nitrogens with zero attached hydrogens (tertiary/aromatic N) is 4. The van der Waals surface area contributed by atoms with Crippen LogP contribution in [-0.2, 0) is 9.59 Å². The van der Waals surface area contributed by atoms with Gasteiger partial charge in [0.25, 0.3) is 0 Å². The number of allylic oxidation sites excluding steroid dienone is 2. The van der Waals surface area contributed by atoms with E-state index in [1.165, 1.54) is 28.0 Å². The Labute approximate surface area is 169 Å². The van der Waals surface area contributed by atoms with Crippen LogP contribution in [0, 0.1) is 11.3 Å². The normalized spacial score (nSPS) is 17.2. The van der Waals surface area contributed by atoms with Crippen LogP contribution in [0.15, 0.2) is 48.4 Å². The van der Waals surface area contributed by atoms with Crippen LogP contribution in [0.2, 0.25) is 0 Å². The van der Waals surface area contributed by atoms with E-state index >= 15 is 0 Å². The summed E-state index contributed by atoms with van der Waals surface area (Å²) in [5.74, 6) is 0.230. The molecule has 1 saturated heterocycles. The molecule has 7 heteroatoms. The van der Waals surface area contributed by atoms with Crippen molar-refractivity contribution in [3.63, 3.8) is 0 Å². The van der Waals surface area contributed by atoms with E-state index in [9.17, 15) is 14.9 Å². The van der Waals surface area contributed by atoms with Gasteiger partial charge in [0.15, 0.2) is 0 Å². The Hall–Kier alpha value is -2.85. The number of likely N-dealkylation sites (N-methyl/N-ethyl adjacent to an activating group) is 1. The summed E-state index contributed by atoms with van der Waals surface area (Å²) in [4.78, 5) is 28.8. The quantitative estimate of drug-likeness (QED) is 0.298. The zero-order valence-electron chi connectivity index (χ0n) is 17.5. The van der Waals surface area contributed by atoms with Crippen molar-refractivity contribution in [2.45, 2.75) is 32.7 Å². The van der Waals surface area contributed by atoms with E-state index in [1.54, 1.807) is 14.1 Å². The van der Waals surface area contributed by atoms with Crippen molar-refractivity contribution in [3.05, 3.63) is 48.4 Å². The van der Waals surface area contributed by atoms with Crippen molar-refractivity contribution in [3.8, 4) is 6.07 Å². The van der Waals surface area contributed by atoms with E-state index in [4.69, 9.17) is 5.73 Å². The molecule has 1 atom stereocenters. The maximum Gasteiger partial charge on any atom is 0.249 e. The van der Waals surface area contributed by atoms with Gasteiger partial charge in [-0.2, -0.15) is 5.26 Å². The van der Waals surface area contributed by atoms with Gasteiger partial charge in [0.1, 0.15) is 5.82 Å². The Morgan fingerprint density at radius 2 is 1.96 bits per heavy atom. The summed E-state index contributed by atoms with van der Waals surface area (Å²) in [6.45, 7) is 12.7. The minimum absolute atomic E-state index is 0.0210. The van der Waals surface area contributed by atoms with Crippen LogP contribution in [0.5, 0.6) is 0 Å². The first kappa shape index (κ1) is 25.1. The maximum atomic E-state index is 12.2. The molecule has 28 heavy (non-hydrogen) atoms. The lowest BCUT2D eigenvalue weighted by atomic mass is 10.1. The summed E-state index contributed by atoms with van der Waals surface area (Å²) in [6, 6.07) is 2.02. The second kappa shape index (κ2) is 13.3. The largest absolute Gasteiger partial charge is 0.356 e. The molecule has 1 aliphatic rings. The van der Waals surface area contributed by atoms with E-state index in [0.717, 1.165) is 12.8 Å². The van der Waals surface area contributed by atoms with Gasteiger partial charge in [0, 0.05) is 39.3 Å². The summed E-state index contributed by atoms with van der Waals surface area (Å²) in [6.07, 6.45) is 6.79. The average Bonchev–Trinajstić information content (AvgIpc) is 2.71. The minimum Gasteiger partial charge on any atom is -0.356 e. The molecule has 0 saturated carbocycles. The SMILES string of the molecule is C=C/C(C#N)=C(\C=C)CN(C=O)/C(=C\C(=O)N(C)C)N1CCCC(N)C1.CC. The van der Waals surface area contributed by atoms with Crippen LogP contribution < -0.4 is 5.73 Å². The zero-order valence-corrected chi connectivity index (χ0v) is 17.5. The van der Waals surface area contributed by atoms with Gasteiger partial charge in [0.2, 0.25) is 12.3 Å². The lowest BCUT2D eigenvalue weighted by molar-refractivity contribution is -0.124. The molecule has 0 bridgehead atoms. The van der Waals surface area contributed by atoms with Crippen LogP contribution in [-0.4, -0.2) is 66.8 Å². The highest BCUT2D eigenvalue weighted by molar-refractivity contribution is 5.88. The Bertz CT molecular complexity index is 658. The predicted molar refractivity (Wildman–Crippen MR) is 113 cm³/mol. The highest BCUT2D eigenvalue weighted by atomic mass is 16.2. The Kier molecular flexibility index (Phi) is 12.0. The first-order chi connectivity index (χ1) is 13.4. The number of hydrogen-bond acceptors (Lipinski definition) is 5. The molecule has 1 rings (SSSR count). The molecular formula is C21H33N5O2. The van der Waals surface area contributed by atoms with Crippen LogP contribution in [0.1, 0.15) is 26.7 Å². The van der Waals surface area contributed by atoms with Crippen molar-refractivity contribution >= 4 is 12.3 Å². The summed E-state index contributed by atoms with van der Waals surface area (Å²) in [5.41, 5.74) is 6.95. The summed E-state index contributed by atoms with van der Waals surface area (Å²) in [5, 5.41) is 9.22. The number of hydrogen-bond donors (Lipinski definition) is 1. The van der Waals surface area contributed by atoms with Crippen molar-refractivity contribution < 1.29 is 9.59 Å². The topological polar surface area (TPSA) is 93.7 Å². The third-order valence-electron chi connectivity index (χ3n) is 4.15. The molecule has 154 valence electrons. The number of piperidine rings is 1. The fourth-order valence-corrected chi connectivity index (χ4v) is 2.68. The number of amides is 2. The predicted octanol–water partition coefficient (Wildman–Crippen LogP) is 2.02. The van der Waals surface area contributed by atoms with E-state index < -0.39 is 0 Å². The summed E-state index contributed by atoms with van der Waals surface area (Å²) >= 11 is 0. The third kappa shape index (κ3) is 7.41. The van der Waals surface area contributed by atoms with Gasteiger partial charge in [-0.15, -0.1) is 0 Å². The number of carbonyl (C=O) groups excluding carboxylic acids is 2. The third-order valence-corrected chi connectivity index (χ3v) is 4.15. The molecule has 0 spiro atoms. The molecule has 0 aromatic heterocycles. The highest BCUT2D eigenvalue weighted by Crippen LogP contribution is 2.19. The molecule has 1 heterocycles. The second-order valence-electron chi connectivity index (χ2n) is 6.28. The second-order valence-corrected chi connectivity index (χ2v) is 6.28. The van der Waals surface area contributed by atoms with Crippen LogP contribution >= 0.6 is 0 Å². The Morgan fingerprint density at radius 1 is 1.32 bits per heavy atom. The van der Waals surface area contributed by atoms with Gasteiger partial charge < -0.3 is 15.5 Å². The monoisotopic (exact) mass is 387 g/mol. The molecule has 2 N–H and O–H groups in total. The van der Waals surface area contributed by atoms with Crippen LogP contribution in [0.4, 0.5) is 0 Å². The molecule has 0 radical (unpaired) electrons. The Morgan fingerprint density at radius 3 is 2.39 bits per heavy atom. The van der Waals surface area contributed by atoms with Gasteiger partial charge in [-0.1, -0.05) is 39.2 Å². The summed E-state index contributed by atoms with van der Waals surface area (Å²) in [7, 11) is 3.29. The smallest absolute Gasteiger partial charge is 0.249 e. The van der Waals surface area contributed by atoms with Gasteiger partial charge in [0.05, 0.1) is 18.2 Å². The van der Waals surface area contributed by atoms with E-state index in [0.29, 0.717) is 36.5 Å². The number of likely N-dealkylation sites (tertiary alicyclic amines) is 1. The maximum absolute atomic E-state index is 12.2. The molecule has 0 aromatic rings. The lowest BCUT2D eigenvalue weighted by Crippen LogP contribution is -2.46. The van der Waals surface area contributed by atoms with Gasteiger partial charge in [-0.3, -0.25) is 14.5 Å². The van der Waals surface area contributed by atoms with Crippen molar-refractivity contribution in [2.24, 2.45) is 5.73 Å². The molecule has 2 amide bonds. The first-order valence-corrected chi connectivity index (χ1v) is 9.41. The number of nitriles is 1. The fraction of sp³-hybridized carbons (Fsp3) is 0.476. The minimum atomic E-state index is -0.237. The molecular weight excluding hydrogens is 354 g/mol. The zero-order chi connectivity index (χ0) is 21.7. The molecule has 7 nitrogen and oxygen atoms in total. The van der Waals surface area contributed by atoms with Gasteiger partial charge in [-0.25, -0.2) is 0 Å². The lowest BCUT2D eigenvalue weighted by Gasteiger charge is -2.37. The van der Waals surface area contributed by atoms with E-state index in [-0.39, 0.29) is 18.5 Å². The standard InChI is InChI=1S/C19H27N5O2.C2H6/c1-5-15(11-20)16(6-2)12-24(14-25)18(10-19(26)22(3)4)23-9-7-8-17(21)13-23;1-2/h5-6,10,14,17H,1-2,7-9,12-13,21H2,3-4H3;1-2H3/b16-15-,18-10-;. The average molecular weight is 388 g/mol. The van der Waals surface area contributed by atoms with E-state index in [2.05, 4.69) is 13.2 Å². The molecule has 0 aliphatic carbocycles. The molecule has 1 fully saturated rings. The first-order valence-electron chi connectivity index (χ1n) is 9.41. The molecule has 1 aliphatic heterocycles.